The molecular weight excluding hydrogens is 220 g/mol. The summed E-state index contributed by atoms with van der Waals surface area (Å²) in [6.07, 6.45) is 0.624. The van der Waals surface area contributed by atoms with E-state index in [2.05, 4.69) is 5.32 Å². The van der Waals surface area contributed by atoms with Gasteiger partial charge in [0.1, 0.15) is 6.04 Å². The second kappa shape index (κ2) is 6.00. The van der Waals surface area contributed by atoms with Gasteiger partial charge < -0.3 is 15.0 Å². The molecule has 0 aromatic rings. The zero-order valence-electron chi connectivity index (χ0n) is 11.0. The molecule has 5 nitrogen and oxygen atoms in total. The smallest absolute Gasteiger partial charge is 0.245 e. The lowest BCUT2D eigenvalue weighted by molar-refractivity contribution is -0.149. The van der Waals surface area contributed by atoms with Crippen molar-refractivity contribution >= 4 is 11.8 Å². The van der Waals surface area contributed by atoms with Crippen LogP contribution in [0.25, 0.3) is 0 Å². The van der Waals surface area contributed by atoms with Gasteiger partial charge in [0.2, 0.25) is 11.8 Å². The van der Waals surface area contributed by atoms with Crippen molar-refractivity contribution in [2.75, 3.05) is 20.3 Å². The Kier molecular flexibility index (Phi) is 4.93. The minimum absolute atomic E-state index is 0.00264. The highest BCUT2D eigenvalue weighted by Gasteiger charge is 2.36. The van der Waals surface area contributed by atoms with Crippen LogP contribution in [-0.4, -0.2) is 49.1 Å². The number of methoxy groups -OCH3 is 1. The highest BCUT2D eigenvalue weighted by molar-refractivity contribution is 5.95. The summed E-state index contributed by atoms with van der Waals surface area (Å²) < 4.78 is 5.15. The summed E-state index contributed by atoms with van der Waals surface area (Å²) in [5.41, 5.74) is 0. The Morgan fingerprint density at radius 3 is 2.59 bits per heavy atom. The van der Waals surface area contributed by atoms with Crippen molar-refractivity contribution in [2.45, 2.75) is 39.3 Å². The van der Waals surface area contributed by atoms with Crippen LogP contribution in [0.15, 0.2) is 0 Å². The van der Waals surface area contributed by atoms with Crippen molar-refractivity contribution < 1.29 is 14.3 Å². The molecule has 1 heterocycles. The third kappa shape index (κ3) is 3.19. The molecule has 1 fully saturated rings. The number of ether oxygens (including phenoxy) is 1. The SMILES string of the molecule is CCC1NC(=O)CN(C(COC)C(C)C)C1=O. The highest BCUT2D eigenvalue weighted by atomic mass is 16.5. The molecule has 0 aromatic heterocycles. The fourth-order valence-electron chi connectivity index (χ4n) is 2.10. The first-order valence-electron chi connectivity index (χ1n) is 6.10. The molecule has 0 bridgehead atoms. The summed E-state index contributed by atoms with van der Waals surface area (Å²) in [5, 5.41) is 2.71. The van der Waals surface area contributed by atoms with E-state index >= 15 is 0 Å². The lowest BCUT2D eigenvalue weighted by Gasteiger charge is -2.39. The number of hydrogen-bond acceptors (Lipinski definition) is 3. The zero-order valence-corrected chi connectivity index (χ0v) is 11.0. The maximum atomic E-state index is 12.2. The standard InChI is InChI=1S/C12H22N2O3/c1-5-9-12(16)14(6-11(15)13-9)10(7-17-4)8(2)3/h8-10H,5-7H2,1-4H3,(H,13,15). The first-order chi connectivity index (χ1) is 8.01. The number of nitrogens with one attached hydrogen (secondary N) is 1. The van der Waals surface area contributed by atoms with Crippen molar-refractivity contribution in [2.24, 2.45) is 5.92 Å². The number of piperazine rings is 1. The summed E-state index contributed by atoms with van der Waals surface area (Å²) in [5.74, 6) is 0.184. The van der Waals surface area contributed by atoms with Crippen molar-refractivity contribution in [1.29, 1.82) is 0 Å². The molecule has 5 heteroatoms. The number of rotatable bonds is 5. The van der Waals surface area contributed by atoms with Crippen LogP contribution < -0.4 is 5.32 Å². The summed E-state index contributed by atoms with van der Waals surface area (Å²) >= 11 is 0. The molecule has 2 amide bonds. The Bertz CT molecular complexity index is 291. The van der Waals surface area contributed by atoms with E-state index in [1.165, 1.54) is 0 Å². The van der Waals surface area contributed by atoms with Gasteiger partial charge >= 0.3 is 0 Å². The van der Waals surface area contributed by atoms with Crippen LogP contribution in [0.1, 0.15) is 27.2 Å². The fourth-order valence-corrected chi connectivity index (χ4v) is 2.10. The van der Waals surface area contributed by atoms with Crippen molar-refractivity contribution in [3.8, 4) is 0 Å². The quantitative estimate of drug-likeness (QED) is 0.759. The maximum Gasteiger partial charge on any atom is 0.245 e. The molecule has 0 aromatic carbocycles. The normalized spacial score (nSPS) is 22.9. The molecule has 1 rings (SSSR count). The minimum Gasteiger partial charge on any atom is -0.383 e. The first-order valence-corrected chi connectivity index (χ1v) is 6.10. The van der Waals surface area contributed by atoms with Gasteiger partial charge in [0.05, 0.1) is 19.2 Å². The first kappa shape index (κ1) is 14.0. The molecule has 1 N–H and O–H groups in total. The Morgan fingerprint density at radius 2 is 2.12 bits per heavy atom. The Labute approximate surface area is 102 Å². The summed E-state index contributed by atoms with van der Waals surface area (Å²) in [6, 6.07) is -0.415. The molecule has 1 aliphatic heterocycles. The van der Waals surface area contributed by atoms with Crippen molar-refractivity contribution in [3.05, 3.63) is 0 Å². The van der Waals surface area contributed by atoms with Gasteiger partial charge in [-0.05, 0) is 12.3 Å². The lowest BCUT2D eigenvalue weighted by atomic mass is 10.00. The monoisotopic (exact) mass is 242 g/mol. The molecule has 1 aliphatic rings. The molecular formula is C12H22N2O3. The zero-order chi connectivity index (χ0) is 13.0. The average molecular weight is 242 g/mol. The summed E-state index contributed by atoms with van der Waals surface area (Å²) in [4.78, 5) is 25.4. The van der Waals surface area contributed by atoms with Gasteiger partial charge in [0, 0.05) is 7.11 Å². The van der Waals surface area contributed by atoms with Crippen LogP contribution in [0.5, 0.6) is 0 Å². The molecule has 0 aliphatic carbocycles. The molecule has 0 spiro atoms. The van der Waals surface area contributed by atoms with E-state index in [1.54, 1.807) is 12.0 Å². The maximum absolute atomic E-state index is 12.2. The topological polar surface area (TPSA) is 58.6 Å². The molecule has 0 saturated carbocycles. The van der Waals surface area contributed by atoms with Gasteiger partial charge in [-0.15, -0.1) is 0 Å². The number of nitrogens with zero attached hydrogens (tertiary/aromatic N) is 1. The average Bonchev–Trinajstić information content (AvgIpc) is 2.28. The largest absolute Gasteiger partial charge is 0.383 e. The van der Waals surface area contributed by atoms with Crippen LogP contribution in [0, 0.1) is 5.92 Å². The van der Waals surface area contributed by atoms with Gasteiger partial charge in [-0.2, -0.15) is 0 Å². The third-order valence-corrected chi connectivity index (χ3v) is 3.15. The predicted molar refractivity (Wildman–Crippen MR) is 64.4 cm³/mol. The van der Waals surface area contributed by atoms with E-state index in [1.807, 2.05) is 20.8 Å². The van der Waals surface area contributed by atoms with Crippen molar-refractivity contribution in [1.82, 2.24) is 10.2 Å². The number of hydrogen-bond donors (Lipinski definition) is 1. The van der Waals surface area contributed by atoms with Crippen LogP contribution in [0.4, 0.5) is 0 Å². The third-order valence-electron chi connectivity index (χ3n) is 3.15. The second-order valence-electron chi connectivity index (χ2n) is 4.76. The second-order valence-corrected chi connectivity index (χ2v) is 4.76. The number of carbonyl (C=O) groups is 2. The molecule has 2 unspecified atom stereocenters. The van der Waals surface area contributed by atoms with E-state index < -0.39 is 0 Å². The summed E-state index contributed by atoms with van der Waals surface area (Å²) in [7, 11) is 1.61. The predicted octanol–water partition coefficient (Wildman–Crippen LogP) is 0.394. The Morgan fingerprint density at radius 1 is 1.47 bits per heavy atom. The molecule has 2 atom stereocenters. The van der Waals surface area contributed by atoms with Gasteiger partial charge in [-0.25, -0.2) is 0 Å². The van der Waals surface area contributed by atoms with Crippen LogP contribution in [0.2, 0.25) is 0 Å². The molecule has 0 radical (unpaired) electrons. The van der Waals surface area contributed by atoms with E-state index in [9.17, 15) is 9.59 Å². The van der Waals surface area contributed by atoms with E-state index in [0.29, 0.717) is 13.0 Å². The Balaban J connectivity index is 2.84. The molecule has 1 saturated heterocycles. The number of carbonyl (C=O) groups excluding carboxylic acids is 2. The van der Waals surface area contributed by atoms with E-state index in [4.69, 9.17) is 4.74 Å². The van der Waals surface area contributed by atoms with Crippen molar-refractivity contribution in [3.63, 3.8) is 0 Å². The highest BCUT2D eigenvalue weighted by Crippen LogP contribution is 2.16. The van der Waals surface area contributed by atoms with E-state index in [0.717, 1.165) is 0 Å². The lowest BCUT2D eigenvalue weighted by Crippen LogP contribution is -2.62. The molecule has 17 heavy (non-hydrogen) atoms. The summed E-state index contributed by atoms with van der Waals surface area (Å²) in [6.45, 7) is 6.57. The van der Waals surface area contributed by atoms with Gasteiger partial charge in [-0.3, -0.25) is 9.59 Å². The van der Waals surface area contributed by atoms with Crippen LogP contribution >= 0.6 is 0 Å². The van der Waals surface area contributed by atoms with Gasteiger partial charge in [-0.1, -0.05) is 20.8 Å². The van der Waals surface area contributed by atoms with E-state index in [-0.39, 0.29) is 36.4 Å². The van der Waals surface area contributed by atoms with Gasteiger partial charge in [0.15, 0.2) is 0 Å². The Hall–Kier alpha value is -1.10. The fraction of sp³-hybridized carbons (Fsp3) is 0.833. The van der Waals surface area contributed by atoms with Crippen LogP contribution in [-0.2, 0) is 14.3 Å². The van der Waals surface area contributed by atoms with Crippen LogP contribution in [0.3, 0.4) is 0 Å². The minimum atomic E-state index is -0.380. The number of amides is 2. The van der Waals surface area contributed by atoms with Gasteiger partial charge in [0.25, 0.3) is 0 Å². The molecule has 98 valence electrons.